The minimum Gasteiger partial charge on any atom is -0.497 e. The molecule has 2 aromatic carbocycles. The van der Waals surface area contributed by atoms with Crippen LogP contribution in [0.4, 0.5) is 0 Å². The first-order chi connectivity index (χ1) is 15.2. The van der Waals surface area contributed by atoms with Gasteiger partial charge in [0.25, 0.3) is 5.91 Å². The van der Waals surface area contributed by atoms with Gasteiger partial charge in [-0.3, -0.25) is 4.79 Å². The summed E-state index contributed by atoms with van der Waals surface area (Å²) in [7, 11) is 3.23. The van der Waals surface area contributed by atoms with E-state index in [1.165, 1.54) is 11.3 Å². The lowest BCUT2D eigenvalue weighted by Gasteiger charge is -2.10. The maximum atomic E-state index is 12.5. The molecular formula is C23H22N4O3S. The number of benzene rings is 2. The molecule has 0 aliphatic rings. The van der Waals surface area contributed by atoms with E-state index in [-0.39, 0.29) is 5.91 Å². The normalized spacial score (nSPS) is 10.6. The number of nitrogens with one attached hydrogen (secondary N) is 1. The summed E-state index contributed by atoms with van der Waals surface area (Å²) >= 11 is 1.42. The second-order valence-electron chi connectivity index (χ2n) is 6.73. The van der Waals surface area contributed by atoms with Crippen LogP contribution in [0.2, 0.25) is 0 Å². The molecule has 0 atom stereocenters. The van der Waals surface area contributed by atoms with E-state index in [4.69, 9.17) is 9.47 Å². The molecule has 0 saturated carbocycles. The molecule has 0 aliphatic heterocycles. The van der Waals surface area contributed by atoms with Crippen LogP contribution in [-0.2, 0) is 6.42 Å². The number of ether oxygens (including phenoxy) is 2. The van der Waals surface area contributed by atoms with Crippen LogP contribution in [0.15, 0.2) is 66.3 Å². The Morgan fingerprint density at radius 2 is 1.97 bits per heavy atom. The number of rotatable bonds is 8. The van der Waals surface area contributed by atoms with E-state index in [0.29, 0.717) is 18.7 Å². The molecule has 0 aliphatic carbocycles. The molecule has 1 N–H and O–H groups in total. The lowest BCUT2D eigenvalue weighted by atomic mass is 10.1. The van der Waals surface area contributed by atoms with Gasteiger partial charge in [0.15, 0.2) is 0 Å². The number of amides is 1. The van der Waals surface area contributed by atoms with Crippen LogP contribution in [0.3, 0.4) is 0 Å². The summed E-state index contributed by atoms with van der Waals surface area (Å²) < 4.78 is 12.4. The largest absolute Gasteiger partial charge is 0.497 e. The fourth-order valence-electron chi connectivity index (χ4n) is 3.13. The molecule has 4 rings (SSSR count). The third-order valence-corrected chi connectivity index (χ3v) is 5.65. The summed E-state index contributed by atoms with van der Waals surface area (Å²) in [6.07, 6.45) is 4.30. The summed E-state index contributed by atoms with van der Waals surface area (Å²) in [5.74, 6) is 1.26. The number of nitrogens with zero attached hydrogens (tertiary/aromatic N) is 3. The standard InChI is InChI=1S/C23H22N4O3S/c1-29-19-9-8-16(21(12-19)30-2)10-11-24-22(28)20-15-31-23(26-20)17-13-25-27(14-17)18-6-4-3-5-7-18/h3-9,12-15H,10-11H2,1-2H3,(H,24,28). The smallest absolute Gasteiger partial charge is 0.270 e. The monoisotopic (exact) mass is 434 g/mol. The summed E-state index contributed by atoms with van der Waals surface area (Å²) in [6.45, 7) is 0.473. The maximum Gasteiger partial charge on any atom is 0.270 e. The molecule has 0 fully saturated rings. The Hall–Kier alpha value is -3.65. The van der Waals surface area contributed by atoms with Crippen LogP contribution >= 0.6 is 11.3 Å². The van der Waals surface area contributed by atoms with Crippen molar-refractivity contribution in [3.63, 3.8) is 0 Å². The van der Waals surface area contributed by atoms with E-state index in [1.807, 2.05) is 54.7 Å². The molecule has 0 saturated heterocycles. The van der Waals surface area contributed by atoms with Gasteiger partial charge in [-0.05, 0) is 30.2 Å². The van der Waals surface area contributed by atoms with Gasteiger partial charge < -0.3 is 14.8 Å². The van der Waals surface area contributed by atoms with Crippen molar-refractivity contribution in [1.29, 1.82) is 0 Å². The highest BCUT2D eigenvalue weighted by atomic mass is 32.1. The zero-order valence-corrected chi connectivity index (χ0v) is 18.1. The molecule has 0 radical (unpaired) electrons. The Balaban J connectivity index is 1.37. The Morgan fingerprint density at radius 3 is 2.74 bits per heavy atom. The molecule has 2 heterocycles. The first-order valence-corrected chi connectivity index (χ1v) is 10.6. The van der Waals surface area contributed by atoms with Gasteiger partial charge in [-0.1, -0.05) is 24.3 Å². The first-order valence-electron chi connectivity index (χ1n) is 9.73. The highest BCUT2D eigenvalue weighted by molar-refractivity contribution is 7.13. The van der Waals surface area contributed by atoms with Gasteiger partial charge in [0.2, 0.25) is 0 Å². The molecule has 1 amide bonds. The second kappa shape index (κ2) is 9.44. The summed E-state index contributed by atoms with van der Waals surface area (Å²) in [4.78, 5) is 17.0. The number of aromatic nitrogens is 3. The first kappa shape index (κ1) is 20.6. The van der Waals surface area contributed by atoms with Crippen LogP contribution in [0.25, 0.3) is 16.3 Å². The predicted molar refractivity (Wildman–Crippen MR) is 120 cm³/mol. The molecule has 0 bridgehead atoms. The Labute approximate surface area is 184 Å². The molecular weight excluding hydrogens is 412 g/mol. The minimum absolute atomic E-state index is 0.203. The van der Waals surface area contributed by atoms with Crippen molar-refractivity contribution >= 4 is 17.2 Å². The Bertz CT molecular complexity index is 1170. The van der Waals surface area contributed by atoms with Crippen molar-refractivity contribution in [3.8, 4) is 27.8 Å². The van der Waals surface area contributed by atoms with Crippen molar-refractivity contribution < 1.29 is 14.3 Å². The number of hydrogen-bond donors (Lipinski definition) is 1. The zero-order chi connectivity index (χ0) is 21.6. The quantitative estimate of drug-likeness (QED) is 0.454. The van der Waals surface area contributed by atoms with Crippen LogP contribution in [0, 0.1) is 0 Å². The van der Waals surface area contributed by atoms with Gasteiger partial charge >= 0.3 is 0 Å². The van der Waals surface area contributed by atoms with E-state index in [2.05, 4.69) is 15.4 Å². The van der Waals surface area contributed by atoms with Crippen molar-refractivity contribution in [2.24, 2.45) is 0 Å². The molecule has 8 heteroatoms. The Morgan fingerprint density at radius 1 is 1.13 bits per heavy atom. The van der Waals surface area contributed by atoms with E-state index >= 15 is 0 Å². The van der Waals surface area contributed by atoms with Crippen LogP contribution in [0.1, 0.15) is 16.1 Å². The topological polar surface area (TPSA) is 78.3 Å². The average molecular weight is 435 g/mol. The van der Waals surface area contributed by atoms with E-state index < -0.39 is 0 Å². The lowest BCUT2D eigenvalue weighted by Crippen LogP contribution is -2.26. The van der Waals surface area contributed by atoms with Gasteiger partial charge in [0, 0.05) is 29.8 Å². The minimum atomic E-state index is -0.203. The average Bonchev–Trinajstić information content (AvgIpc) is 3.50. The van der Waals surface area contributed by atoms with Crippen LogP contribution in [-0.4, -0.2) is 41.4 Å². The summed E-state index contributed by atoms with van der Waals surface area (Å²) in [5.41, 5.74) is 3.23. The van der Waals surface area contributed by atoms with Crippen molar-refractivity contribution in [2.45, 2.75) is 6.42 Å². The SMILES string of the molecule is COc1ccc(CCNC(=O)c2csc(-c3cnn(-c4ccccc4)c3)n2)c(OC)c1. The Kier molecular flexibility index (Phi) is 6.28. The van der Waals surface area contributed by atoms with Crippen LogP contribution in [0.5, 0.6) is 11.5 Å². The number of thiazole rings is 1. The van der Waals surface area contributed by atoms with Gasteiger partial charge in [-0.15, -0.1) is 11.3 Å². The highest BCUT2D eigenvalue weighted by Crippen LogP contribution is 2.25. The fraction of sp³-hybridized carbons (Fsp3) is 0.174. The highest BCUT2D eigenvalue weighted by Gasteiger charge is 2.14. The lowest BCUT2D eigenvalue weighted by molar-refractivity contribution is 0.0950. The van der Waals surface area contributed by atoms with E-state index in [0.717, 1.165) is 33.3 Å². The number of carbonyl (C=O) groups is 1. The molecule has 2 aromatic heterocycles. The number of hydrogen-bond acceptors (Lipinski definition) is 6. The third kappa shape index (κ3) is 4.75. The fourth-order valence-corrected chi connectivity index (χ4v) is 3.90. The summed E-state index contributed by atoms with van der Waals surface area (Å²) in [5, 5.41) is 9.83. The van der Waals surface area contributed by atoms with Gasteiger partial charge in [-0.25, -0.2) is 9.67 Å². The molecule has 0 unspecified atom stereocenters. The van der Waals surface area contributed by atoms with Crippen LogP contribution < -0.4 is 14.8 Å². The van der Waals surface area contributed by atoms with Crippen molar-refractivity contribution in [1.82, 2.24) is 20.1 Å². The third-order valence-electron chi connectivity index (χ3n) is 4.76. The molecule has 0 spiro atoms. The molecule has 31 heavy (non-hydrogen) atoms. The molecule has 4 aromatic rings. The number of carbonyl (C=O) groups excluding carboxylic acids is 1. The van der Waals surface area contributed by atoms with E-state index in [9.17, 15) is 4.79 Å². The van der Waals surface area contributed by atoms with Gasteiger partial charge in [0.1, 0.15) is 22.2 Å². The van der Waals surface area contributed by atoms with Gasteiger partial charge in [0.05, 0.1) is 26.1 Å². The van der Waals surface area contributed by atoms with Crippen molar-refractivity contribution in [2.75, 3.05) is 20.8 Å². The molecule has 158 valence electrons. The van der Waals surface area contributed by atoms with E-state index in [1.54, 1.807) is 30.5 Å². The van der Waals surface area contributed by atoms with Gasteiger partial charge in [-0.2, -0.15) is 5.10 Å². The zero-order valence-electron chi connectivity index (χ0n) is 17.2. The second-order valence-corrected chi connectivity index (χ2v) is 7.59. The maximum absolute atomic E-state index is 12.5. The van der Waals surface area contributed by atoms with Crippen molar-refractivity contribution in [3.05, 3.63) is 77.6 Å². The summed E-state index contributed by atoms with van der Waals surface area (Å²) in [6, 6.07) is 15.5. The number of methoxy groups -OCH3 is 2. The molecule has 7 nitrogen and oxygen atoms in total. The predicted octanol–water partition coefficient (Wildman–Crippen LogP) is 3.99. The number of para-hydroxylation sites is 1.